The molecule has 7 heteroatoms. The number of hydrogen-bond acceptors (Lipinski definition) is 5. The number of nitrogens with zero attached hydrogens (tertiary/aromatic N) is 1. The van der Waals surface area contributed by atoms with Gasteiger partial charge in [0.25, 0.3) is 0 Å². The van der Waals surface area contributed by atoms with Crippen molar-refractivity contribution in [1.82, 2.24) is 0 Å². The highest BCUT2D eigenvalue weighted by Crippen LogP contribution is 2.20. The lowest BCUT2D eigenvalue weighted by molar-refractivity contribution is -0.387. The lowest BCUT2D eigenvalue weighted by atomic mass is 10.0. The van der Waals surface area contributed by atoms with Crippen molar-refractivity contribution in [2.45, 2.75) is 0 Å². The van der Waals surface area contributed by atoms with E-state index in [1.807, 2.05) is 0 Å². The van der Waals surface area contributed by atoms with Crippen LogP contribution in [0, 0.1) is 21.3 Å². The Hall–Kier alpha value is -3.18. The van der Waals surface area contributed by atoms with E-state index in [1.165, 1.54) is 6.07 Å². The van der Waals surface area contributed by atoms with Crippen LogP contribution in [0.15, 0.2) is 48.5 Å². The minimum absolute atomic E-state index is 0.0919. The summed E-state index contributed by atoms with van der Waals surface area (Å²) in [7, 11) is 0. The molecule has 0 amide bonds. The second-order valence-electron chi connectivity index (χ2n) is 3.72. The number of rotatable bonds is 3. The van der Waals surface area contributed by atoms with E-state index in [0.717, 1.165) is 18.2 Å². The van der Waals surface area contributed by atoms with Crippen molar-refractivity contribution in [3.63, 3.8) is 0 Å². The Labute approximate surface area is 118 Å². The van der Waals surface area contributed by atoms with Gasteiger partial charge in [0, 0.05) is 17.2 Å². The molecule has 0 spiro atoms. The molecule has 2 rings (SSSR count). The van der Waals surface area contributed by atoms with Crippen LogP contribution in [0.4, 0.5) is 10.1 Å². The van der Waals surface area contributed by atoms with Crippen molar-refractivity contribution in [2.24, 2.45) is 0 Å². The van der Waals surface area contributed by atoms with Gasteiger partial charge in [0.05, 0.1) is 4.92 Å². The summed E-state index contributed by atoms with van der Waals surface area (Å²) < 4.78 is 13.1. The summed E-state index contributed by atoms with van der Waals surface area (Å²) in [6.45, 7) is 0. The molecule has 1 N–H and O–H groups in total. The number of nitrogens with one attached hydrogen (secondary N) is 1. The third-order valence-corrected chi connectivity index (χ3v) is 2.44. The highest BCUT2D eigenvalue weighted by atomic mass is 19.1. The fourth-order valence-electron chi connectivity index (χ4n) is 1.55. The normalized spacial score (nSPS) is 9.00. The van der Waals surface area contributed by atoms with E-state index in [0.29, 0.717) is 5.56 Å². The number of nitro groups is 1. The first-order chi connectivity index (χ1) is 10.0. The van der Waals surface area contributed by atoms with Crippen LogP contribution >= 0.6 is 0 Å². The minimum Gasteiger partial charge on any atom is -0.289 e. The summed E-state index contributed by atoms with van der Waals surface area (Å²) in [5, 5.41) is 16.0. The van der Waals surface area contributed by atoms with Gasteiger partial charge in [0.15, 0.2) is 5.78 Å². The third-order valence-electron chi connectivity index (χ3n) is 2.44. The molecule has 0 aliphatic carbocycles. The summed E-state index contributed by atoms with van der Waals surface area (Å²) in [4.78, 5) is 30.1. The van der Waals surface area contributed by atoms with Crippen LogP contribution in [-0.2, 0) is 4.79 Å². The van der Waals surface area contributed by atoms with Crippen molar-refractivity contribution in [3.05, 3.63) is 75.6 Å². The average Bonchev–Trinajstić information content (AvgIpc) is 2.48. The molecule has 0 aromatic heterocycles. The lowest BCUT2D eigenvalue weighted by Gasteiger charge is -2.01. The van der Waals surface area contributed by atoms with Gasteiger partial charge in [-0.15, -0.1) is 0 Å². The molecule has 0 heterocycles. The number of nitro benzene ring substituents is 1. The Morgan fingerprint density at radius 1 is 1.14 bits per heavy atom. The molecule has 0 atom stereocenters. The first kappa shape index (κ1) is 15.9. The highest BCUT2D eigenvalue weighted by molar-refractivity contribution is 6.09. The predicted molar refractivity (Wildman–Crippen MR) is 71.3 cm³/mol. The molecule has 0 saturated heterocycles. The van der Waals surface area contributed by atoms with Gasteiger partial charge < -0.3 is 0 Å². The standard InChI is InChI=1S/C13H8FNO3.CHNO/c14-11-7-6-10(8-12(11)15(17)18)13(16)9-4-2-1-3-5-9;2-1-3/h1-8H;2H. The van der Waals surface area contributed by atoms with E-state index in [-0.39, 0.29) is 11.3 Å². The topological polar surface area (TPSA) is 101 Å². The number of ketones is 1. The van der Waals surface area contributed by atoms with Crippen LogP contribution in [0.3, 0.4) is 0 Å². The molecule has 0 fully saturated rings. The second-order valence-corrected chi connectivity index (χ2v) is 3.72. The Morgan fingerprint density at radius 2 is 1.71 bits per heavy atom. The van der Waals surface area contributed by atoms with Gasteiger partial charge in [-0.3, -0.25) is 14.9 Å². The van der Waals surface area contributed by atoms with Crippen molar-refractivity contribution in [1.29, 1.82) is 5.41 Å². The van der Waals surface area contributed by atoms with Crippen molar-refractivity contribution < 1.29 is 18.9 Å². The van der Waals surface area contributed by atoms with Gasteiger partial charge in [0.2, 0.25) is 11.9 Å². The summed E-state index contributed by atoms with van der Waals surface area (Å²) in [5.74, 6) is -1.33. The van der Waals surface area contributed by atoms with Crippen molar-refractivity contribution in [3.8, 4) is 0 Å². The summed E-state index contributed by atoms with van der Waals surface area (Å²) in [6.07, 6.45) is 0.750. The van der Waals surface area contributed by atoms with Crippen LogP contribution in [-0.4, -0.2) is 16.8 Å². The highest BCUT2D eigenvalue weighted by Gasteiger charge is 2.18. The smallest absolute Gasteiger partial charge is 0.289 e. The Morgan fingerprint density at radius 3 is 2.24 bits per heavy atom. The molecule has 21 heavy (non-hydrogen) atoms. The zero-order valence-corrected chi connectivity index (χ0v) is 10.6. The fraction of sp³-hybridized carbons (Fsp3) is 0. The van der Waals surface area contributed by atoms with Crippen LogP contribution in [0.5, 0.6) is 0 Å². The molecule has 0 unspecified atom stereocenters. The molecule has 0 saturated carbocycles. The summed E-state index contributed by atoms with van der Waals surface area (Å²) >= 11 is 0. The first-order valence-corrected chi connectivity index (χ1v) is 5.58. The zero-order valence-electron chi connectivity index (χ0n) is 10.6. The van der Waals surface area contributed by atoms with Gasteiger partial charge in [-0.2, -0.15) is 4.39 Å². The van der Waals surface area contributed by atoms with Crippen LogP contribution in [0.25, 0.3) is 0 Å². The summed E-state index contributed by atoms with van der Waals surface area (Å²) in [6, 6.07) is 11.4. The van der Waals surface area contributed by atoms with E-state index in [9.17, 15) is 19.3 Å². The second kappa shape index (κ2) is 7.42. The maximum atomic E-state index is 13.1. The Kier molecular flexibility index (Phi) is 5.61. The maximum Gasteiger partial charge on any atom is 0.305 e. The predicted octanol–water partition coefficient (Wildman–Crippen LogP) is 2.87. The zero-order chi connectivity index (χ0) is 15.8. The van der Waals surface area contributed by atoms with Gasteiger partial charge in [0.1, 0.15) is 0 Å². The molecule has 2 aromatic carbocycles. The third kappa shape index (κ3) is 4.15. The van der Waals surface area contributed by atoms with Crippen molar-refractivity contribution in [2.75, 3.05) is 0 Å². The molecule has 2 aromatic rings. The Balaban J connectivity index is 0.000000677. The quantitative estimate of drug-likeness (QED) is 0.308. The molecule has 6 nitrogen and oxygen atoms in total. The van der Waals surface area contributed by atoms with E-state index in [1.54, 1.807) is 30.3 Å². The number of hydrogen-bond donors (Lipinski definition) is 1. The number of carbonyl (C=O) groups is 1. The molecule has 106 valence electrons. The van der Waals surface area contributed by atoms with Gasteiger partial charge in [-0.05, 0) is 12.1 Å². The first-order valence-electron chi connectivity index (χ1n) is 5.58. The maximum absolute atomic E-state index is 13.1. The van der Waals surface area contributed by atoms with Crippen LogP contribution in [0.1, 0.15) is 15.9 Å². The lowest BCUT2D eigenvalue weighted by Crippen LogP contribution is -2.03. The van der Waals surface area contributed by atoms with Crippen LogP contribution in [0.2, 0.25) is 0 Å². The van der Waals surface area contributed by atoms with Gasteiger partial charge in [-0.1, -0.05) is 30.3 Å². The average molecular weight is 288 g/mol. The molecule has 0 radical (unpaired) electrons. The van der Waals surface area contributed by atoms with Crippen LogP contribution < -0.4 is 0 Å². The van der Waals surface area contributed by atoms with Crippen molar-refractivity contribution >= 4 is 17.6 Å². The molecular weight excluding hydrogens is 279 g/mol. The minimum atomic E-state index is -0.954. The molecule has 0 aliphatic rings. The summed E-state index contributed by atoms with van der Waals surface area (Å²) in [5.41, 5.74) is -0.204. The Bertz CT molecular complexity index is 695. The van der Waals surface area contributed by atoms with E-state index in [4.69, 9.17) is 10.2 Å². The number of halogens is 1. The largest absolute Gasteiger partial charge is 0.305 e. The molecule has 0 bridgehead atoms. The van der Waals surface area contributed by atoms with E-state index in [2.05, 4.69) is 0 Å². The van der Waals surface area contributed by atoms with Gasteiger partial charge in [-0.25, -0.2) is 10.2 Å². The number of isocyanates is 1. The fourth-order valence-corrected chi connectivity index (χ4v) is 1.55. The molecule has 0 aliphatic heterocycles. The van der Waals surface area contributed by atoms with E-state index < -0.39 is 16.4 Å². The molecular formula is C14H9FN2O4. The monoisotopic (exact) mass is 288 g/mol. The SMILES string of the molecule is N=C=O.O=C(c1ccccc1)c1ccc(F)c([N+](=O)[O-])c1. The van der Waals surface area contributed by atoms with E-state index >= 15 is 0 Å². The number of benzene rings is 2. The number of carbonyl (C=O) groups excluding carboxylic acids is 2. The van der Waals surface area contributed by atoms with Gasteiger partial charge >= 0.3 is 5.69 Å².